The molecule has 0 spiro atoms. The molecule has 0 amide bonds. The summed E-state index contributed by atoms with van der Waals surface area (Å²) in [4.78, 5) is 2.72. The van der Waals surface area contributed by atoms with E-state index in [0.29, 0.717) is 5.41 Å². The summed E-state index contributed by atoms with van der Waals surface area (Å²) >= 11 is 0. The van der Waals surface area contributed by atoms with Crippen molar-refractivity contribution in [1.29, 1.82) is 0 Å². The molecule has 0 aromatic rings. The Morgan fingerprint density at radius 1 is 1.15 bits per heavy atom. The van der Waals surface area contributed by atoms with Crippen LogP contribution >= 0.6 is 0 Å². The molecule has 0 N–H and O–H groups in total. The van der Waals surface area contributed by atoms with Crippen LogP contribution in [0.15, 0.2) is 0 Å². The Balaban J connectivity index is 1.83. The summed E-state index contributed by atoms with van der Waals surface area (Å²) < 4.78 is 0. The first-order valence-electron chi connectivity index (χ1n) is 5.86. The summed E-state index contributed by atoms with van der Waals surface area (Å²) in [5, 5.41) is 0. The van der Waals surface area contributed by atoms with Crippen LogP contribution in [0.1, 0.15) is 46.5 Å². The van der Waals surface area contributed by atoms with E-state index in [-0.39, 0.29) is 0 Å². The van der Waals surface area contributed by atoms with Crippen molar-refractivity contribution in [3.05, 3.63) is 0 Å². The van der Waals surface area contributed by atoms with Crippen LogP contribution in [-0.2, 0) is 0 Å². The average Bonchev–Trinajstić information content (AvgIpc) is 2.49. The molecule has 0 radical (unpaired) electrons. The zero-order valence-corrected chi connectivity index (χ0v) is 9.34. The smallest absolute Gasteiger partial charge is 0.00957 e. The quantitative estimate of drug-likeness (QED) is 0.633. The molecule has 0 unspecified atom stereocenters. The van der Waals surface area contributed by atoms with E-state index in [9.17, 15) is 0 Å². The fourth-order valence-electron chi connectivity index (χ4n) is 2.77. The van der Waals surface area contributed by atoms with Crippen LogP contribution in [0.25, 0.3) is 0 Å². The minimum Gasteiger partial charge on any atom is -0.299 e. The van der Waals surface area contributed by atoms with Crippen molar-refractivity contribution in [2.24, 2.45) is 11.3 Å². The first-order valence-corrected chi connectivity index (χ1v) is 5.86. The number of hydrogen-bond acceptors (Lipinski definition) is 1. The van der Waals surface area contributed by atoms with Crippen molar-refractivity contribution in [2.75, 3.05) is 13.1 Å². The van der Waals surface area contributed by atoms with Gasteiger partial charge in [0.1, 0.15) is 0 Å². The molecule has 1 heterocycles. The Bertz CT molecular complexity index is 174. The topological polar surface area (TPSA) is 3.24 Å². The van der Waals surface area contributed by atoms with E-state index in [2.05, 4.69) is 25.7 Å². The molecule has 76 valence electrons. The summed E-state index contributed by atoms with van der Waals surface area (Å²) in [6, 6.07) is 0.951. The van der Waals surface area contributed by atoms with Gasteiger partial charge in [-0.1, -0.05) is 33.6 Å². The van der Waals surface area contributed by atoms with Gasteiger partial charge in [-0.15, -0.1) is 0 Å². The van der Waals surface area contributed by atoms with E-state index in [1.807, 2.05) is 0 Å². The maximum Gasteiger partial charge on any atom is 0.00957 e. The minimum atomic E-state index is 0.628. The molecule has 0 aromatic heterocycles. The normalized spacial score (nSPS) is 29.5. The summed E-state index contributed by atoms with van der Waals surface area (Å²) in [6.45, 7) is 9.89. The lowest BCUT2D eigenvalue weighted by atomic mass is 9.72. The van der Waals surface area contributed by atoms with E-state index in [4.69, 9.17) is 0 Å². The van der Waals surface area contributed by atoms with Gasteiger partial charge in [-0.05, 0) is 24.2 Å². The van der Waals surface area contributed by atoms with Gasteiger partial charge in [-0.2, -0.15) is 0 Å². The van der Waals surface area contributed by atoms with Crippen LogP contribution in [0.2, 0.25) is 0 Å². The number of nitrogens with zero attached hydrogens (tertiary/aromatic N) is 1. The summed E-state index contributed by atoms with van der Waals surface area (Å²) in [6.07, 6.45) is 5.88. The molecule has 13 heavy (non-hydrogen) atoms. The van der Waals surface area contributed by atoms with Crippen LogP contribution in [0, 0.1) is 11.3 Å². The Morgan fingerprint density at radius 3 is 2.15 bits per heavy atom. The van der Waals surface area contributed by atoms with Gasteiger partial charge in [0.2, 0.25) is 0 Å². The monoisotopic (exact) mass is 181 g/mol. The van der Waals surface area contributed by atoms with Crippen molar-refractivity contribution in [3.63, 3.8) is 0 Å². The van der Waals surface area contributed by atoms with E-state index in [1.54, 1.807) is 0 Å². The number of hydrogen-bond donors (Lipinski definition) is 0. The molecular formula is C12H23N. The first kappa shape index (κ1) is 9.51. The third kappa shape index (κ3) is 1.63. The maximum absolute atomic E-state index is 2.72. The highest BCUT2D eigenvalue weighted by Gasteiger charge is 2.43. The van der Waals surface area contributed by atoms with Crippen LogP contribution < -0.4 is 0 Å². The molecule has 0 bridgehead atoms. The van der Waals surface area contributed by atoms with E-state index in [1.165, 1.54) is 38.8 Å². The van der Waals surface area contributed by atoms with E-state index in [0.717, 1.165) is 12.0 Å². The summed E-state index contributed by atoms with van der Waals surface area (Å²) in [5.74, 6) is 0.852. The van der Waals surface area contributed by atoms with Crippen molar-refractivity contribution in [2.45, 2.75) is 52.5 Å². The summed E-state index contributed by atoms with van der Waals surface area (Å²) in [7, 11) is 0. The van der Waals surface area contributed by atoms with Gasteiger partial charge in [0, 0.05) is 19.1 Å². The third-order valence-corrected chi connectivity index (χ3v) is 4.36. The highest BCUT2D eigenvalue weighted by atomic mass is 15.2. The predicted octanol–water partition coefficient (Wildman–Crippen LogP) is 2.91. The van der Waals surface area contributed by atoms with E-state index < -0.39 is 0 Å². The molecule has 2 rings (SSSR count). The molecule has 1 saturated heterocycles. The fraction of sp³-hybridized carbons (Fsp3) is 1.00. The molecule has 0 atom stereocenters. The zero-order chi connectivity index (χ0) is 9.47. The minimum absolute atomic E-state index is 0.628. The van der Waals surface area contributed by atoms with Gasteiger partial charge < -0.3 is 0 Å². The fourth-order valence-corrected chi connectivity index (χ4v) is 2.77. The molecule has 1 saturated carbocycles. The molecule has 1 aliphatic carbocycles. The third-order valence-electron chi connectivity index (χ3n) is 4.36. The van der Waals surface area contributed by atoms with Crippen LogP contribution in [0.3, 0.4) is 0 Å². The Hall–Kier alpha value is -0.0400. The SMILES string of the molecule is CC(C)C1(C)CN(C2CCCC2)C1. The van der Waals surface area contributed by atoms with Crippen LogP contribution in [0.4, 0.5) is 0 Å². The molecule has 1 aliphatic heterocycles. The number of likely N-dealkylation sites (tertiary alicyclic amines) is 1. The highest BCUT2D eigenvalue weighted by Crippen LogP contribution is 2.41. The maximum atomic E-state index is 2.72. The van der Waals surface area contributed by atoms with Crippen molar-refractivity contribution >= 4 is 0 Å². The Morgan fingerprint density at radius 2 is 1.69 bits per heavy atom. The van der Waals surface area contributed by atoms with E-state index >= 15 is 0 Å². The molecular weight excluding hydrogens is 158 g/mol. The highest BCUT2D eigenvalue weighted by molar-refractivity contribution is 4.97. The largest absolute Gasteiger partial charge is 0.299 e. The zero-order valence-electron chi connectivity index (χ0n) is 9.34. The van der Waals surface area contributed by atoms with Gasteiger partial charge in [-0.25, -0.2) is 0 Å². The van der Waals surface area contributed by atoms with Gasteiger partial charge in [0.25, 0.3) is 0 Å². The molecule has 2 fully saturated rings. The van der Waals surface area contributed by atoms with Crippen LogP contribution in [0.5, 0.6) is 0 Å². The predicted molar refractivity (Wildman–Crippen MR) is 56.8 cm³/mol. The first-order chi connectivity index (χ1) is 6.12. The van der Waals surface area contributed by atoms with Crippen molar-refractivity contribution < 1.29 is 0 Å². The second-order valence-electron chi connectivity index (χ2n) is 5.65. The molecule has 2 aliphatic rings. The average molecular weight is 181 g/mol. The lowest BCUT2D eigenvalue weighted by Gasteiger charge is -2.53. The lowest BCUT2D eigenvalue weighted by Crippen LogP contribution is -2.60. The second-order valence-corrected chi connectivity index (χ2v) is 5.65. The van der Waals surface area contributed by atoms with Gasteiger partial charge in [0.05, 0.1) is 0 Å². The summed E-state index contributed by atoms with van der Waals surface area (Å²) in [5.41, 5.74) is 0.628. The van der Waals surface area contributed by atoms with Crippen molar-refractivity contribution in [3.8, 4) is 0 Å². The molecule has 0 aromatic carbocycles. The Kier molecular flexibility index (Phi) is 2.39. The lowest BCUT2D eigenvalue weighted by molar-refractivity contribution is -0.0474. The van der Waals surface area contributed by atoms with Gasteiger partial charge >= 0.3 is 0 Å². The van der Waals surface area contributed by atoms with Gasteiger partial charge in [-0.3, -0.25) is 4.90 Å². The van der Waals surface area contributed by atoms with Gasteiger partial charge in [0.15, 0.2) is 0 Å². The van der Waals surface area contributed by atoms with Crippen molar-refractivity contribution in [1.82, 2.24) is 4.90 Å². The standard InChI is InChI=1S/C12H23N/c1-10(2)12(3)8-13(9-12)11-6-4-5-7-11/h10-11H,4-9H2,1-3H3. The Labute approximate surface area is 82.5 Å². The second kappa shape index (κ2) is 3.27. The molecule has 1 heteroatoms. The molecule has 1 nitrogen and oxygen atoms in total. The number of rotatable bonds is 2. The van der Waals surface area contributed by atoms with Crippen LogP contribution in [-0.4, -0.2) is 24.0 Å².